The highest BCUT2D eigenvalue weighted by atomic mass is 32.2. The molecule has 0 radical (unpaired) electrons. The smallest absolute Gasteiger partial charge is 0.243 e. The number of carbonyl (C=O) groups excluding carboxylic acids is 1. The highest BCUT2D eigenvalue weighted by molar-refractivity contribution is 7.89. The molecule has 1 heterocycles. The van der Waals surface area contributed by atoms with Gasteiger partial charge in [0, 0.05) is 30.6 Å². The molecule has 1 aliphatic rings. The average Bonchev–Trinajstić information content (AvgIpc) is 3.23. The van der Waals surface area contributed by atoms with Gasteiger partial charge in [-0.05, 0) is 49.4 Å². The van der Waals surface area contributed by atoms with Gasteiger partial charge in [0.1, 0.15) is 5.75 Å². The number of fused-ring (bicyclic) bond motifs is 1. The van der Waals surface area contributed by atoms with Crippen LogP contribution in [-0.4, -0.2) is 24.1 Å². The second-order valence-corrected chi connectivity index (χ2v) is 10.2. The third-order valence-corrected chi connectivity index (χ3v) is 7.73. The summed E-state index contributed by atoms with van der Waals surface area (Å²) in [4.78, 5) is 12.1. The lowest BCUT2D eigenvalue weighted by molar-refractivity contribution is 0.112. The summed E-state index contributed by atoms with van der Waals surface area (Å²) in [5, 5.41) is 10.9. The molecule has 0 spiro atoms. The van der Waals surface area contributed by atoms with Gasteiger partial charge in [0.2, 0.25) is 10.0 Å². The molecule has 2 aromatic carbocycles. The molecule has 5 nitrogen and oxygen atoms in total. The summed E-state index contributed by atoms with van der Waals surface area (Å²) in [6.07, 6.45) is 5.84. The van der Waals surface area contributed by atoms with Crippen molar-refractivity contribution in [3.63, 3.8) is 0 Å². The molecule has 0 amide bonds. The minimum absolute atomic E-state index is 0.0237. The zero-order chi connectivity index (χ0) is 23.3. The molecule has 1 aliphatic heterocycles. The number of nitrogens with zero attached hydrogens (tertiary/aromatic N) is 1. The minimum atomic E-state index is -3.75. The molecule has 0 aliphatic carbocycles. The van der Waals surface area contributed by atoms with Crippen LogP contribution in [0.3, 0.4) is 0 Å². The Hall–Kier alpha value is -2.62. The Morgan fingerprint density at radius 2 is 1.72 bits per heavy atom. The minimum Gasteiger partial charge on any atom is -0.507 e. The van der Waals surface area contributed by atoms with Crippen molar-refractivity contribution in [3.05, 3.63) is 57.6 Å². The van der Waals surface area contributed by atoms with Crippen LogP contribution in [0.4, 0.5) is 0 Å². The summed E-state index contributed by atoms with van der Waals surface area (Å²) in [7, 11) is -3.75. The van der Waals surface area contributed by atoms with Crippen molar-refractivity contribution < 1.29 is 18.3 Å². The van der Waals surface area contributed by atoms with Crippen molar-refractivity contribution in [1.82, 2.24) is 4.31 Å². The quantitative estimate of drug-likeness (QED) is 0.343. The first-order chi connectivity index (χ1) is 15.3. The molecule has 2 aromatic rings. The van der Waals surface area contributed by atoms with Crippen molar-refractivity contribution in [1.29, 1.82) is 0 Å². The van der Waals surface area contributed by atoms with Gasteiger partial charge in [0.05, 0.1) is 10.5 Å². The lowest BCUT2D eigenvalue weighted by Gasteiger charge is -2.16. The summed E-state index contributed by atoms with van der Waals surface area (Å²) >= 11 is 0. The average molecular weight is 454 g/mol. The van der Waals surface area contributed by atoms with E-state index in [1.165, 1.54) is 4.31 Å². The fourth-order valence-electron chi connectivity index (χ4n) is 4.01. The van der Waals surface area contributed by atoms with E-state index >= 15 is 0 Å². The van der Waals surface area contributed by atoms with Crippen molar-refractivity contribution in [2.24, 2.45) is 0 Å². The molecule has 1 N–H and O–H groups in total. The number of phenols is 1. The van der Waals surface area contributed by atoms with Gasteiger partial charge in [-0.15, -0.1) is 0 Å². The summed E-state index contributed by atoms with van der Waals surface area (Å²) in [5.74, 6) is 6.32. The Morgan fingerprint density at radius 3 is 2.34 bits per heavy atom. The lowest BCUT2D eigenvalue weighted by Crippen LogP contribution is -2.25. The van der Waals surface area contributed by atoms with Crippen molar-refractivity contribution in [2.75, 3.05) is 0 Å². The van der Waals surface area contributed by atoms with E-state index in [2.05, 4.69) is 25.7 Å². The predicted molar refractivity (Wildman–Crippen MR) is 126 cm³/mol. The second kappa shape index (κ2) is 10.3. The van der Waals surface area contributed by atoms with Crippen LogP contribution in [0.1, 0.15) is 84.1 Å². The van der Waals surface area contributed by atoms with Gasteiger partial charge >= 0.3 is 0 Å². The monoisotopic (exact) mass is 453 g/mol. The maximum absolute atomic E-state index is 13.3. The first-order valence-electron chi connectivity index (χ1n) is 11.3. The van der Waals surface area contributed by atoms with Gasteiger partial charge < -0.3 is 5.11 Å². The number of rotatable bonds is 8. The topological polar surface area (TPSA) is 74.7 Å². The Bertz CT molecular complexity index is 1160. The fourth-order valence-corrected chi connectivity index (χ4v) is 5.38. The first-order valence-corrected chi connectivity index (χ1v) is 12.7. The number of aldehydes is 1. The Labute approximate surface area is 191 Å². The van der Waals surface area contributed by atoms with E-state index < -0.39 is 10.0 Å². The zero-order valence-electron chi connectivity index (χ0n) is 19.1. The molecular weight excluding hydrogens is 422 g/mol. The molecule has 0 aromatic heterocycles. The number of carbonyl (C=O) groups is 1. The van der Waals surface area contributed by atoms with Crippen LogP contribution in [0.2, 0.25) is 0 Å². The third-order valence-electron chi connectivity index (χ3n) is 5.93. The first kappa shape index (κ1) is 24.0. The van der Waals surface area contributed by atoms with Crippen molar-refractivity contribution in [2.45, 2.75) is 77.3 Å². The maximum atomic E-state index is 13.3. The van der Waals surface area contributed by atoms with Crippen LogP contribution in [0.25, 0.3) is 0 Å². The molecule has 0 saturated carbocycles. The van der Waals surface area contributed by atoms with Crippen LogP contribution in [0.15, 0.2) is 29.2 Å². The Morgan fingerprint density at radius 1 is 1.06 bits per heavy atom. The predicted octanol–water partition coefficient (Wildman–Crippen LogP) is 5.10. The number of hydrogen-bond acceptors (Lipinski definition) is 4. The molecule has 6 heteroatoms. The van der Waals surface area contributed by atoms with E-state index in [0.717, 1.165) is 48.8 Å². The Kier molecular flexibility index (Phi) is 7.76. The Balaban J connectivity index is 2.10. The molecule has 0 saturated heterocycles. The molecule has 0 fully saturated rings. The highest BCUT2D eigenvalue weighted by Gasteiger charge is 2.35. The largest absolute Gasteiger partial charge is 0.507 e. The number of benzene rings is 2. The van der Waals surface area contributed by atoms with E-state index in [-0.39, 0.29) is 29.3 Å². The van der Waals surface area contributed by atoms with Crippen LogP contribution in [0, 0.1) is 18.8 Å². The van der Waals surface area contributed by atoms with Crippen LogP contribution in [0.5, 0.6) is 5.75 Å². The van der Waals surface area contributed by atoms with Gasteiger partial charge in [-0.25, -0.2) is 8.42 Å². The normalized spacial score (nSPS) is 13.5. The van der Waals surface area contributed by atoms with E-state index in [1.807, 2.05) is 6.92 Å². The summed E-state index contributed by atoms with van der Waals surface area (Å²) in [6.45, 7) is 6.23. The van der Waals surface area contributed by atoms with Crippen LogP contribution in [-0.2, 0) is 29.5 Å². The maximum Gasteiger partial charge on any atom is 0.243 e. The molecule has 170 valence electrons. The van der Waals surface area contributed by atoms with Gasteiger partial charge in [0.25, 0.3) is 0 Å². The molecule has 32 heavy (non-hydrogen) atoms. The lowest BCUT2D eigenvalue weighted by atomic mass is 9.89. The van der Waals surface area contributed by atoms with Crippen LogP contribution >= 0.6 is 0 Å². The standard InChI is InChI=1S/C26H31NO4S/c1-4-6-8-9-11-21-22(10-7-5-2)25(18-28)26(29)24-17-27(16-23(21)24)32(30,31)20-14-12-19(3)13-15-20/h12-15,18,29H,4-8,10,16-17H2,1-3H3. The zero-order valence-corrected chi connectivity index (χ0v) is 19.9. The number of hydrogen-bond donors (Lipinski definition) is 1. The molecule has 3 rings (SSSR count). The molecular formula is C26H31NO4S. The number of unbranched alkanes of at least 4 members (excludes halogenated alkanes) is 3. The molecule has 0 atom stereocenters. The number of phenolic OH excluding ortho intramolecular Hbond substituents is 1. The van der Waals surface area contributed by atoms with Gasteiger partial charge in [0.15, 0.2) is 6.29 Å². The molecule has 0 bridgehead atoms. The molecule has 0 unspecified atom stereocenters. The second-order valence-electron chi connectivity index (χ2n) is 8.29. The van der Waals surface area contributed by atoms with E-state index in [0.29, 0.717) is 23.8 Å². The van der Waals surface area contributed by atoms with E-state index in [9.17, 15) is 18.3 Å². The van der Waals surface area contributed by atoms with Gasteiger partial charge in [-0.3, -0.25) is 4.79 Å². The SMILES string of the molecule is CCCCC#Cc1c(CCCC)c(C=O)c(O)c2c1CN(S(=O)(=O)c1ccc(C)cc1)C2. The summed E-state index contributed by atoms with van der Waals surface area (Å²) < 4.78 is 27.9. The van der Waals surface area contributed by atoms with E-state index in [4.69, 9.17) is 0 Å². The van der Waals surface area contributed by atoms with Crippen LogP contribution < -0.4 is 0 Å². The summed E-state index contributed by atoms with van der Waals surface area (Å²) in [5.41, 5.74) is 3.88. The van der Waals surface area contributed by atoms with Crippen molar-refractivity contribution >= 4 is 16.3 Å². The number of aromatic hydroxyl groups is 1. The number of aryl methyl sites for hydroxylation is 1. The van der Waals surface area contributed by atoms with E-state index in [1.54, 1.807) is 24.3 Å². The highest BCUT2D eigenvalue weighted by Crippen LogP contribution is 2.40. The van der Waals surface area contributed by atoms with Gasteiger partial charge in [-0.2, -0.15) is 4.31 Å². The fraction of sp³-hybridized carbons (Fsp3) is 0.423. The van der Waals surface area contributed by atoms with Gasteiger partial charge in [-0.1, -0.05) is 56.2 Å². The number of sulfonamides is 1. The summed E-state index contributed by atoms with van der Waals surface area (Å²) in [6, 6.07) is 6.74. The van der Waals surface area contributed by atoms with Crippen molar-refractivity contribution in [3.8, 4) is 17.6 Å². The third kappa shape index (κ3) is 4.74.